The van der Waals surface area contributed by atoms with E-state index >= 15 is 0 Å². The van der Waals surface area contributed by atoms with Crippen LogP contribution in [0.2, 0.25) is 0 Å². The standard InChI is InChI=1S/C27H38O4/c1-21(11-7-8-12-22(2)15-16-24(28)29)13-9-14-23(3)17-20-27(31)25(4,5)18-10-19-26(27,6)30/h7-9,11-17,20,30-31H,10,18-19H2,1-6H3,(H,28,29)/b8-7+,13-9+,16-15+,20-17+,21-11-,22-12+,23-14-/t26-,27-/m0/s1. The lowest BCUT2D eigenvalue weighted by molar-refractivity contribution is -0.194. The Labute approximate surface area is 187 Å². The van der Waals surface area contributed by atoms with Gasteiger partial charge >= 0.3 is 5.97 Å². The van der Waals surface area contributed by atoms with Crippen LogP contribution >= 0.6 is 0 Å². The largest absolute Gasteiger partial charge is 0.478 e. The third kappa shape index (κ3) is 7.97. The first-order valence-electron chi connectivity index (χ1n) is 10.7. The summed E-state index contributed by atoms with van der Waals surface area (Å²) in [5.41, 5.74) is 0.0721. The van der Waals surface area contributed by atoms with Gasteiger partial charge in [-0.1, -0.05) is 85.3 Å². The highest BCUT2D eigenvalue weighted by molar-refractivity contribution is 5.80. The smallest absolute Gasteiger partial charge is 0.328 e. The van der Waals surface area contributed by atoms with Crippen LogP contribution in [-0.4, -0.2) is 32.5 Å². The monoisotopic (exact) mass is 426 g/mol. The molecule has 1 aliphatic rings. The summed E-state index contributed by atoms with van der Waals surface area (Å²) < 4.78 is 0. The molecule has 0 unspecified atom stereocenters. The van der Waals surface area contributed by atoms with Gasteiger partial charge in [0.25, 0.3) is 0 Å². The van der Waals surface area contributed by atoms with Gasteiger partial charge in [0.1, 0.15) is 5.60 Å². The number of carbonyl (C=O) groups is 1. The molecule has 0 aromatic rings. The number of hydrogen-bond donors (Lipinski definition) is 3. The minimum atomic E-state index is -1.27. The number of rotatable bonds is 8. The fraction of sp³-hybridized carbons (Fsp3) is 0.444. The highest BCUT2D eigenvalue weighted by Crippen LogP contribution is 2.50. The average Bonchev–Trinajstić information content (AvgIpc) is 2.66. The first-order chi connectivity index (χ1) is 14.3. The Morgan fingerprint density at radius 1 is 0.742 bits per heavy atom. The first-order valence-corrected chi connectivity index (χ1v) is 10.7. The van der Waals surface area contributed by atoms with Gasteiger partial charge in [-0.3, -0.25) is 0 Å². The third-order valence-electron chi connectivity index (χ3n) is 5.94. The van der Waals surface area contributed by atoms with E-state index in [0.29, 0.717) is 6.42 Å². The average molecular weight is 427 g/mol. The second-order valence-electron chi connectivity index (χ2n) is 9.26. The van der Waals surface area contributed by atoms with Crippen LogP contribution in [0, 0.1) is 5.41 Å². The Morgan fingerprint density at radius 2 is 1.26 bits per heavy atom. The summed E-state index contributed by atoms with van der Waals surface area (Å²) in [4.78, 5) is 10.5. The van der Waals surface area contributed by atoms with Crippen molar-refractivity contribution in [3.63, 3.8) is 0 Å². The van der Waals surface area contributed by atoms with E-state index in [1.807, 2.05) is 83.2 Å². The molecule has 0 aliphatic heterocycles. The maximum Gasteiger partial charge on any atom is 0.328 e. The molecule has 0 bridgehead atoms. The lowest BCUT2D eigenvalue weighted by atomic mass is 9.58. The van der Waals surface area contributed by atoms with Gasteiger partial charge in [0.05, 0.1) is 5.60 Å². The molecule has 1 rings (SSSR count). The summed E-state index contributed by atoms with van der Waals surface area (Å²) >= 11 is 0. The molecule has 4 nitrogen and oxygen atoms in total. The quantitative estimate of drug-likeness (QED) is 0.337. The van der Waals surface area contributed by atoms with Crippen LogP contribution in [0.3, 0.4) is 0 Å². The molecule has 0 radical (unpaired) electrons. The molecule has 0 aromatic carbocycles. The van der Waals surface area contributed by atoms with Crippen molar-refractivity contribution in [1.29, 1.82) is 0 Å². The van der Waals surface area contributed by atoms with Gasteiger partial charge in [-0.15, -0.1) is 0 Å². The number of carboxylic acids is 1. The molecule has 0 heterocycles. The Morgan fingerprint density at radius 3 is 1.81 bits per heavy atom. The fourth-order valence-corrected chi connectivity index (χ4v) is 3.78. The molecular formula is C27H38O4. The van der Waals surface area contributed by atoms with E-state index in [0.717, 1.165) is 35.6 Å². The van der Waals surface area contributed by atoms with E-state index in [4.69, 9.17) is 5.11 Å². The highest BCUT2D eigenvalue weighted by atomic mass is 16.4. The zero-order valence-electron chi connectivity index (χ0n) is 19.7. The molecule has 2 atom stereocenters. The molecule has 0 amide bonds. The number of carboxylic acid groups (broad SMARTS) is 1. The SMILES string of the molecule is CC(=C/C=C/C=C(C)/C=C/C(=O)O)/C=C/C=C(C)\C=C\[C@]1(O)C(C)(C)CCC[C@]1(C)O. The molecule has 0 spiro atoms. The van der Waals surface area contributed by atoms with E-state index in [1.165, 1.54) is 0 Å². The van der Waals surface area contributed by atoms with Crippen molar-refractivity contribution < 1.29 is 20.1 Å². The Balaban J connectivity index is 2.78. The Kier molecular flexibility index (Phi) is 9.67. The van der Waals surface area contributed by atoms with E-state index in [2.05, 4.69) is 0 Å². The maximum atomic E-state index is 11.3. The summed E-state index contributed by atoms with van der Waals surface area (Å²) in [5.74, 6) is -0.960. The summed E-state index contributed by atoms with van der Waals surface area (Å²) in [6.07, 6.45) is 22.1. The van der Waals surface area contributed by atoms with Gasteiger partial charge in [0, 0.05) is 6.08 Å². The molecule has 0 saturated heterocycles. The van der Waals surface area contributed by atoms with Crippen molar-refractivity contribution in [2.24, 2.45) is 5.41 Å². The Hall–Kier alpha value is -2.43. The minimum Gasteiger partial charge on any atom is -0.478 e. The second-order valence-corrected chi connectivity index (χ2v) is 9.26. The number of aliphatic hydroxyl groups is 2. The van der Waals surface area contributed by atoms with Crippen LogP contribution in [0.1, 0.15) is 60.8 Å². The topological polar surface area (TPSA) is 77.8 Å². The highest BCUT2D eigenvalue weighted by Gasteiger charge is 2.56. The van der Waals surface area contributed by atoms with Crippen molar-refractivity contribution >= 4 is 5.97 Å². The molecule has 0 aromatic heterocycles. The zero-order chi connectivity index (χ0) is 23.7. The maximum absolute atomic E-state index is 11.3. The molecule has 1 fully saturated rings. The van der Waals surface area contributed by atoms with Gasteiger partial charge in [-0.05, 0) is 58.4 Å². The van der Waals surface area contributed by atoms with Crippen molar-refractivity contribution in [3.8, 4) is 0 Å². The van der Waals surface area contributed by atoms with Gasteiger partial charge in [0.15, 0.2) is 0 Å². The van der Waals surface area contributed by atoms with Gasteiger partial charge in [0.2, 0.25) is 0 Å². The lowest BCUT2D eigenvalue weighted by Crippen LogP contribution is -2.62. The van der Waals surface area contributed by atoms with Crippen LogP contribution < -0.4 is 0 Å². The molecule has 31 heavy (non-hydrogen) atoms. The summed E-state index contributed by atoms with van der Waals surface area (Å²) in [7, 11) is 0. The number of aliphatic carboxylic acids is 1. The van der Waals surface area contributed by atoms with Crippen LogP contribution in [0.4, 0.5) is 0 Å². The van der Waals surface area contributed by atoms with Crippen molar-refractivity contribution in [1.82, 2.24) is 0 Å². The van der Waals surface area contributed by atoms with Gasteiger partial charge in [-0.2, -0.15) is 0 Å². The van der Waals surface area contributed by atoms with Crippen LogP contribution in [0.25, 0.3) is 0 Å². The predicted molar refractivity (Wildman–Crippen MR) is 129 cm³/mol. The molecule has 1 saturated carbocycles. The fourth-order valence-electron chi connectivity index (χ4n) is 3.78. The molecular weight excluding hydrogens is 388 g/mol. The number of allylic oxidation sites excluding steroid dienone is 12. The zero-order valence-corrected chi connectivity index (χ0v) is 19.7. The lowest BCUT2D eigenvalue weighted by Gasteiger charge is -2.53. The third-order valence-corrected chi connectivity index (χ3v) is 5.94. The Bertz CT molecular complexity index is 826. The van der Waals surface area contributed by atoms with Crippen LogP contribution in [-0.2, 0) is 4.79 Å². The van der Waals surface area contributed by atoms with E-state index in [9.17, 15) is 15.0 Å². The summed E-state index contributed by atoms with van der Waals surface area (Å²) in [5, 5.41) is 30.7. The van der Waals surface area contributed by atoms with Gasteiger partial charge < -0.3 is 15.3 Å². The minimum absolute atomic E-state index is 0.400. The normalized spacial score (nSPS) is 28.5. The second kappa shape index (κ2) is 11.3. The van der Waals surface area contributed by atoms with Crippen LogP contribution in [0.15, 0.2) is 83.6 Å². The van der Waals surface area contributed by atoms with E-state index in [-0.39, 0.29) is 0 Å². The molecule has 4 heteroatoms. The van der Waals surface area contributed by atoms with Crippen molar-refractivity contribution in [2.45, 2.75) is 72.0 Å². The first kappa shape index (κ1) is 26.6. The van der Waals surface area contributed by atoms with Crippen molar-refractivity contribution in [3.05, 3.63) is 83.6 Å². The van der Waals surface area contributed by atoms with E-state index < -0.39 is 22.6 Å². The predicted octanol–water partition coefficient (Wildman–Crippen LogP) is 5.83. The molecule has 170 valence electrons. The molecule has 1 aliphatic carbocycles. The summed E-state index contributed by atoms with van der Waals surface area (Å²) in [6, 6.07) is 0. The summed E-state index contributed by atoms with van der Waals surface area (Å²) in [6.45, 7) is 11.5. The molecule has 3 N–H and O–H groups in total. The van der Waals surface area contributed by atoms with Gasteiger partial charge in [-0.25, -0.2) is 4.79 Å². The number of hydrogen-bond acceptors (Lipinski definition) is 3. The van der Waals surface area contributed by atoms with Crippen molar-refractivity contribution in [2.75, 3.05) is 0 Å². The van der Waals surface area contributed by atoms with E-state index in [1.54, 1.807) is 19.1 Å². The van der Waals surface area contributed by atoms with Crippen LogP contribution in [0.5, 0.6) is 0 Å².